The van der Waals surface area contributed by atoms with Crippen LogP contribution in [0.2, 0.25) is 5.02 Å². The highest BCUT2D eigenvalue weighted by atomic mass is 35.5. The molecule has 0 aliphatic rings. The summed E-state index contributed by atoms with van der Waals surface area (Å²) < 4.78 is 0. The number of nitrogens with zero attached hydrogens (tertiary/aromatic N) is 2. The number of nitrogens with two attached hydrogens (primary N) is 1. The predicted octanol–water partition coefficient (Wildman–Crippen LogP) is 2.72. The maximum Gasteiger partial charge on any atom is 0.0727 e. The van der Waals surface area contributed by atoms with Crippen LogP contribution >= 0.6 is 11.6 Å². The van der Waals surface area contributed by atoms with Gasteiger partial charge in [0.2, 0.25) is 0 Å². The van der Waals surface area contributed by atoms with Crippen LogP contribution in [-0.4, -0.2) is 19.1 Å². The molecule has 1 heterocycles. The van der Waals surface area contributed by atoms with Gasteiger partial charge in [-0.3, -0.25) is 4.98 Å². The Kier molecular flexibility index (Phi) is 3.22. The molecule has 90 valence electrons. The van der Waals surface area contributed by atoms with Gasteiger partial charge in [-0.1, -0.05) is 11.6 Å². The van der Waals surface area contributed by atoms with E-state index in [-0.39, 0.29) is 0 Å². The van der Waals surface area contributed by atoms with Crippen molar-refractivity contribution in [3.63, 3.8) is 0 Å². The third-order valence-corrected chi connectivity index (χ3v) is 3.11. The quantitative estimate of drug-likeness (QED) is 0.890. The number of aromatic nitrogens is 1. The summed E-state index contributed by atoms with van der Waals surface area (Å²) in [6.07, 6.45) is 0. The first-order valence-electron chi connectivity index (χ1n) is 5.50. The fraction of sp³-hybridized carbons (Fsp3) is 0.308. The highest BCUT2D eigenvalue weighted by Crippen LogP contribution is 2.31. The topological polar surface area (TPSA) is 42.2 Å². The number of fused-ring (bicyclic) bond motifs is 1. The van der Waals surface area contributed by atoms with Crippen LogP contribution in [0.3, 0.4) is 0 Å². The van der Waals surface area contributed by atoms with E-state index in [1.165, 1.54) is 0 Å². The van der Waals surface area contributed by atoms with E-state index < -0.39 is 0 Å². The molecule has 1 aromatic carbocycles. The molecular formula is C13H16ClN3. The summed E-state index contributed by atoms with van der Waals surface area (Å²) in [5.41, 5.74) is 9.93. The van der Waals surface area contributed by atoms with Crippen LogP contribution in [0, 0.1) is 6.92 Å². The van der Waals surface area contributed by atoms with Gasteiger partial charge in [0.15, 0.2) is 0 Å². The number of anilines is 1. The van der Waals surface area contributed by atoms with Crippen molar-refractivity contribution in [1.29, 1.82) is 0 Å². The van der Waals surface area contributed by atoms with Crippen molar-refractivity contribution in [2.24, 2.45) is 5.73 Å². The minimum absolute atomic E-state index is 0.481. The van der Waals surface area contributed by atoms with Crippen molar-refractivity contribution >= 4 is 28.2 Å². The summed E-state index contributed by atoms with van der Waals surface area (Å²) >= 11 is 6.05. The molecule has 3 nitrogen and oxygen atoms in total. The normalized spacial score (nSPS) is 10.9. The van der Waals surface area contributed by atoms with Crippen molar-refractivity contribution in [3.8, 4) is 0 Å². The van der Waals surface area contributed by atoms with Crippen LogP contribution in [0.15, 0.2) is 18.2 Å². The van der Waals surface area contributed by atoms with Crippen molar-refractivity contribution < 1.29 is 0 Å². The molecule has 0 atom stereocenters. The van der Waals surface area contributed by atoms with Crippen molar-refractivity contribution in [2.75, 3.05) is 19.0 Å². The molecule has 2 N–H and O–H groups in total. The molecule has 0 fully saturated rings. The summed E-state index contributed by atoms with van der Waals surface area (Å²) in [4.78, 5) is 6.63. The summed E-state index contributed by atoms with van der Waals surface area (Å²) in [6, 6.07) is 5.74. The molecule has 0 spiro atoms. The Morgan fingerprint density at radius 1 is 1.35 bits per heavy atom. The first kappa shape index (κ1) is 12.1. The zero-order valence-corrected chi connectivity index (χ0v) is 11.0. The first-order valence-corrected chi connectivity index (χ1v) is 5.88. The minimum atomic E-state index is 0.481. The monoisotopic (exact) mass is 249 g/mol. The summed E-state index contributed by atoms with van der Waals surface area (Å²) in [5.74, 6) is 0. The van der Waals surface area contributed by atoms with Crippen molar-refractivity contribution in [2.45, 2.75) is 13.5 Å². The molecule has 2 aromatic rings. The SMILES string of the molecule is Cc1nc2ccc(Cl)cc2c(N(C)C)c1CN. The largest absolute Gasteiger partial charge is 0.377 e. The molecule has 1 aromatic heterocycles. The van der Waals surface area contributed by atoms with E-state index in [0.717, 1.165) is 27.8 Å². The standard InChI is InChI=1S/C13H16ClN3/c1-8-11(7-15)13(17(2)3)10-6-9(14)4-5-12(10)16-8/h4-6H,7,15H2,1-3H3. The van der Waals surface area contributed by atoms with Gasteiger partial charge in [-0.25, -0.2) is 0 Å². The number of halogens is 1. The fourth-order valence-corrected chi connectivity index (χ4v) is 2.30. The Labute approximate surface area is 106 Å². The number of aryl methyl sites for hydroxylation is 1. The Hall–Kier alpha value is -1.32. The van der Waals surface area contributed by atoms with Gasteiger partial charge in [-0.15, -0.1) is 0 Å². The molecule has 0 radical (unpaired) electrons. The average Bonchev–Trinajstić information content (AvgIpc) is 2.27. The Balaban J connectivity index is 2.89. The molecule has 2 rings (SSSR count). The molecule has 0 saturated carbocycles. The lowest BCUT2D eigenvalue weighted by molar-refractivity contribution is 0.993. The number of hydrogen-bond donors (Lipinski definition) is 1. The van der Waals surface area contributed by atoms with Gasteiger partial charge in [0, 0.05) is 42.3 Å². The van der Waals surface area contributed by atoms with Gasteiger partial charge in [0.25, 0.3) is 0 Å². The Morgan fingerprint density at radius 2 is 2.06 bits per heavy atom. The lowest BCUT2D eigenvalue weighted by Gasteiger charge is -2.21. The minimum Gasteiger partial charge on any atom is -0.377 e. The van der Waals surface area contributed by atoms with Gasteiger partial charge in [0.05, 0.1) is 11.2 Å². The number of hydrogen-bond acceptors (Lipinski definition) is 3. The lowest BCUT2D eigenvalue weighted by atomic mass is 10.1. The van der Waals surface area contributed by atoms with E-state index in [1.807, 2.05) is 39.2 Å². The highest BCUT2D eigenvalue weighted by Gasteiger charge is 2.13. The third kappa shape index (κ3) is 2.08. The molecule has 0 unspecified atom stereocenters. The lowest BCUT2D eigenvalue weighted by Crippen LogP contribution is -2.15. The summed E-state index contributed by atoms with van der Waals surface area (Å²) in [7, 11) is 4.02. The van der Waals surface area contributed by atoms with Crippen LogP contribution < -0.4 is 10.6 Å². The van der Waals surface area contributed by atoms with Crippen LogP contribution in [-0.2, 0) is 6.54 Å². The highest BCUT2D eigenvalue weighted by molar-refractivity contribution is 6.31. The van der Waals surface area contributed by atoms with E-state index in [2.05, 4.69) is 9.88 Å². The fourth-order valence-electron chi connectivity index (χ4n) is 2.13. The van der Waals surface area contributed by atoms with Gasteiger partial charge in [-0.2, -0.15) is 0 Å². The van der Waals surface area contributed by atoms with Crippen LogP contribution in [0.1, 0.15) is 11.3 Å². The number of benzene rings is 1. The molecule has 0 amide bonds. The van der Waals surface area contributed by atoms with Crippen LogP contribution in [0.4, 0.5) is 5.69 Å². The van der Waals surface area contributed by atoms with E-state index in [4.69, 9.17) is 17.3 Å². The zero-order valence-electron chi connectivity index (χ0n) is 10.3. The Bertz CT molecular complexity index is 564. The maximum atomic E-state index is 6.05. The summed E-state index contributed by atoms with van der Waals surface area (Å²) in [5, 5.41) is 1.77. The second-order valence-corrected chi connectivity index (χ2v) is 4.72. The molecular weight excluding hydrogens is 234 g/mol. The van der Waals surface area contributed by atoms with Gasteiger partial charge in [-0.05, 0) is 25.1 Å². The van der Waals surface area contributed by atoms with Crippen LogP contribution in [0.25, 0.3) is 10.9 Å². The Morgan fingerprint density at radius 3 is 2.65 bits per heavy atom. The second kappa shape index (κ2) is 4.51. The second-order valence-electron chi connectivity index (χ2n) is 4.28. The van der Waals surface area contributed by atoms with E-state index in [0.29, 0.717) is 11.6 Å². The van der Waals surface area contributed by atoms with Gasteiger partial charge < -0.3 is 10.6 Å². The third-order valence-electron chi connectivity index (χ3n) is 2.88. The number of pyridine rings is 1. The summed E-state index contributed by atoms with van der Waals surface area (Å²) in [6.45, 7) is 2.47. The smallest absolute Gasteiger partial charge is 0.0727 e. The van der Waals surface area contributed by atoms with Gasteiger partial charge in [0.1, 0.15) is 0 Å². The van der Waals surface area contributed by atoms with E-state index in [1.54, 1.807) is 0 Å². The molecule has 0 bridgehead atoms. The van der Waals surface area contributed by atoms with Crippen molar-refractivity contribution in [3.05, 3.63) is 34.5 Å². The molecule has 17 heavy (non-hydrogen) atoms. The van der Waals surface area contributed by atoms with E-state index in [9.17, 15) is 0 Å². The molecule has 4 heteroatoms. The number of rotatable bonds is 2. The van der Waals surface area contributed by atoms with Crippen LogP contribution in [0.5, 0.6) is 0 Å². The average molecular weight is 250 g/mol. The maximum absolute atomic E-state index is 6.05. The van der Waals surface area contributed by atoms with Crippen molar-refractivity contribution in [1.82, 2.24) is 4.98 Å². The zero-order chi connectivity index (χ0) is 12.6. The van der Waals surface area contributed by atoms with E-state index >= 15 is 0 Å². The predicted molar refractivity (Wildman–Crippen MR) is 73.7 cm³/mol. The molecule has 0 aliphatic heterocycles. The van der Waals surface area contributed by atoms with Gasteiger partial charge >= 0.3 is 0 Å². The first-order chi connectivity index (χ1) is 8.04. The molecule has 0 aliphatic carbocycles. The molecule has 0 saturated heterocycles.